The number of thioether (sulfide) groups is 1. The van der Waals surface area contributed by atoms with Crippen molar-refractivity contribution in [1.29, 1.82) is 0 Å². The van der Waals surface area contributed by atoms with Crippen molar-refractivity contribution >= 4 is 22.7 Å². The largest absolute Gasteiger partial charge is 0.383 e. The monoisotopic (exact) mass is 401 g/mol. The molecule has 9 heteroatoms. The van der Waals surface area contributed by atoms with Crippen LogP contribution >= 0.6 is 11.8 Å². The molecule has 3 aromatic rings. The highest BCUT2D eigenvalue weighted by Crippen LogP contribution is 2.20. The van der Waals surface area contributed by atoms with E-state index in [0.717, 1.165) is 46.9 Å². The van der Waals surface area contributed by atoms with E-state index in [1.165, 1.54) is 4.90 Å². The molecule has 0 saturated carbocycles. The van der Waals surface area contributed by atoms with E-state index in [1.54, 1.807) is 11.8 Å². The molecule has 2 N–H and O–H groups in total. The fourth-order valence-electron chi connectivity index (χ4n) is 3.83. The summed E-state index contributed by atoms with van der Waals surface area (Å²) in [7, 11) is 1.66. The molecule has 2 aromatic heterocycles. The third-order valence-electron chi connectivity index (χ3n) is 5.30. The Kier molecular flexibility index (Phi) is 5.74. The van der Waals surface area contributed by atoms with Gasteiger partial charge in [0.1, 0.15) is 0 Å². The normalized spacial score (nSPS) is 16.5. The van der Waals surface area contributed by atoms with Gasteiger partial charge in [0, 0.05) is 18.6 Å². The summed E-state index contributed by atoms with van der Waals surface area (Å²) in [6, 6.07) is 7.86. The maximum absolute atomic E-state index is 13.1. The van der Waals surface area contributed by atoms with Crippen LogP contribution in [0.25, 0.3) is 10.9 Å². The number of quaternary nitrogens is 1. The van der Waals surface area contributed by atoms with Crippen molar-refractivity contribution in [2.75, 3.05) is 38.3 Å². The average Bonchev–Trinajstić information content (AvgIpc) is 3.17. The summed E-state index contributed by atoms with van der Waals surface area (Å²) >= 11 is 1.95. The van der Waals surface area contributed by atoms with Crippen LogP contribution in [-0.4, -0.2) is 63.5 Å². The second kappa shape index (κ2) is 8.42. The Morgan fingerprint density at radius 1 is 1.36 bits per heavy atom. The topological polar surface area (TPSA) is 90.1 Å². The number of benzene rings is 1. The van der Waals surface area contributed by atoms with Crippen LogP contribution in [0.2, 0.25) is 0 Å². The van der Waals surface area contributed by atoms with Crippen molar-refractivity contribution in [1.82, 2.24) is 25.2 Å². The molecule has 1 aromatic carbocycles. The van der Waals surface area contributed by atoms with E-state index in [2.05, 4.69) is 20.5 Å². The van der Waals surface area contributed by atoms with Gasteiger partial charge in [-0.3, -0.25) is 4.79 Å². The highest BCUT2D eigenvalue weighted by Gasteiger charge is 2.34. The molecule has 28 heavy (non-hydrogen) atoms. The van der Waals surface area contributed by atoms with Crippen molar-refractivity contribution in [3.63, 3.8) is 0 Å². The summed E-state index contributed by atoms with van der Waals surface area (Å²) < 4.78 is 6.97. The van der Waals surface area contributed by atoms with Gasteiger partial charge in [-0.15, -0.1) is 5.10 Å². The summed E-state index contributed by atoms with van der Waals surface area (Å²) in [4.78, 5) is 17.5. The molecule has 0 bridgehead atoms. The van der Waals surface area contributed by atoms with Crippen LogP contribution in [0.3, 0.4) is 0 Å². The molecule has 1 aliphatic rings. The highest BCUT2D eigenvalue weighted by atomic mass is 32.2. The molecule has 4 rings (SSSR count). The zero-order valence-corrected chi connectivity index (χ0v) is 17.0. The number of tetrazole rings is 1. The molecule has 3 heterocycles. The first-order chi connectivity index (χ1) is 13.7. The molecular weight excluding hydrogens is 376 g/mol. The quantitative estimate of drug-likeness (QED) is 0.613. The number of fused-ring (bicyclic) bond motifs is 1. The first-order valence-corrected chi connectivity index (χ1v) is 10.6. The Labute approximate surface area is 167 Å². The number of nitrogens with zero attached hydrogens (tertiary/aromatic N) is 4. The van der Waals surface area contributed by atoms with Crippen LogP contribution in [0.1, 0.15) is 23.0 Å². The minimum Gasteiger partial charge on any atom is -0.383 e. The van der Waals surface area contributed by atoms with Gasteiger partial charge in [0.2, 0.25) is 5.82 Å². The van der Waals surface area contributed by atoms with E-state index in [9.17, 15) is 4.79 Å². The lowest BCUT2D eigenvalue weighted by molar-refractivity contribution is -0.923. The molecule has 0 radical (unpaired) electrons. The lowest BCUT2D eigenvalue weighted by Gasteiger charge is -2.30. The van der Waals surface area contributed by atoms with Gasteiger partial charge >= 0.3 is 0 Å². The first-order valence-electron chi connectivity index (χ1n) is 9.49. The smallest absolute Gasteiger partial charge is 0.258 e. The summed E-state index contributed by atoms with van der Waals surface area (Å²) in [6.45, 7) is 5.02. The van der Waals surface area contributed by atoms with Gasteiger partial charge in [0.15, 0.2) is 6.04 Å². The summed E-state index contributed by atoms with van der Waals surface area (Å²) in [6.07, 6.45) is 0. The fraction of sp³-hybridized carbons (Fsp3) is 0.474. The van der Waals surface area contributed by atoms with E-state index in [0.29, 0.717) is 18.7 Å². The number of aryl methyl sites for hydroxylation is 1. The van der Waals surface area contributed by atoms with Crippen molar-refractivity contribution in [3.8, 4) is 0 Å². The number of pyridine rings is 1. The third kappa shape index (κ3) is 3.69. The Balaban J connectivity index is 1.84. The van der Waals surface area contributed by atoms with Crippen molar-refractivity contribution in [2.45, 2.75) is 19.5 Å². The molecule has 148 valence electrons. The minimum atomic E-state index is -0.207. The van der Waals surface area contributed by atoms with Gasteiger partial charge in [-0.1, -0.05) is 18.2 Å². The number of aromatic amines is 1. The third-order valence-corrected chi connectivity index (χ3v) is 6.28. The molecule has 1 fully saturated rings. The molecule has 0 unspecified atom stereocenters. The maximum Gasteiger partial charge on any atom is 0.258 e. The van der Waals surface area contributed by atoms with Gasteiger partial charge < -0.3 is 14.6 Å². The lowest BCUT2D eigenvalue weighted by atomic mass is 10.0. The van der Waals surface area contributed by atoms with E-state index in [1.807, 2.05) is 43.0 Å². The van der Waals surface area contributed by atoms with Crippen molar-refractivity contribution < 1.29 is 9.64 Å². The second-order valence-electron chi connectivity index (χ2n) is 7.05. The van der Waals surface area contributed by atoms with Gasteiger partial charge in [-0.05, 0) is 34.4 Å². The number of para-hydroxylation sites is 1. The number of methoxy groups -OCH3 is 1. The number of hydrogen-bond acceptors (Lipinski definition) is 6. The number of ether oxygens (including phenoxy) is 1. The van der Waals surface area contributed by atoms with Crippen LogP contribution in [0.15, 0.2) is 29.1 Å². The Morgan fingerprint density at radius 2 is 2.18 bits per heavy atom. The summed E-state index contributed by atoms with van der Waals surface area (Å²) in [5.74, 6) is 2.85. The predicted molar refractivity (Wildman–Crippen MR) is 109 cm³/mol. The molecule has 8 nitrogen and oxygen atoms in total. The van der Waals surface area contributed by atoms with Gasteiger partial charge in [-0.2, -0.15) is 11.8 Å². The SMILES string of the molecule is COCCn1nnnc1[C@@H](c1cc2cccc(C)c2[nH]c1=O)[NH+]1CCSCC1. The van der Waals surface area contributed by atoms with Crippen LogP contribution in [0, 0.1) is 6.92 Å². The van der Waals surface area contributed by atoms with E-state index < -0.39 is 0 Å². The summed E-state index contributed by atoms with van der Waals surface area (Å²) in [5, 5.41) is 13.4. The fourth-order valence-corrected chi connectivity index (χ4v) is 4.85. The molecule has 1 aliphatic heterocycles. The molecule has 0 aliphatic carbocycles. The molecule has 1 saturated heterocycles. The van der Waals surface area contributed by atoms with Crippen LogP contribution in [-0.2, 0) is 11.3 Å². The lowest BCUT2D eigenvalue weighted by Crippen LogP contribution is -3.14. The first kappa shape index (κ1) is 19.1. The van der Waals surface area contributed by atoms with Crippen molar-refractivity contribution in [3.05, 3.63) is 51.6 Å². The number of nitrogens with one attached hydrogen (secondary N) is 2. The molecule has 0 spiro atoms. The van der Waals surface area contributed by atoms with Crippen LogP contribution < -0.4 is 10.5 Å². The standard InChI is InChI=1S/C19H24N6O2S/c1-13-4-3-5-14-12-15(19(26)20-16(13)14)17(24-7-10-28-11-8-24)18-21-22-23-25(18)6-9-27-2/h3-5,12,17H,6-11H2,1-2H3,(H,20,26)/p+1/t17-/m1/s1. The summed E-state index contributed by atoms with van der Waals surface area (Å²) in [5.41, 5.74) is 2.59. The van der Waals surface area contributed by atoms with Gasteiger partial charge in [0.25, 0.3) is 5.56 Å². The Morgan fingerprint density at radius 3 is 2.96 bits per heavy atom. The zero-order chi connectivity index (χ0) is 19.5. The predicted octanol–water partition coefficient (Wildman–Crippen LogP) is 0.191. The number of hydrogen-bond donors (Lipinski definition) is 2. The van der Waals surface area contributed by atoms with Gasteiger partial charge in [-0.25, -0.2) is 4.68 Å². The van der Waals surface area contributed by atoms with Crippen LogP contribution in [0.4, 0.5) is 0 Å². The Hall–Kier alpha value is -2.23. The van der Waals surface area contributed by atoms with E-state index in [-0.39, 0.29) is 11.6 Å². The number of H-pyrrole nitrogens is 1. The zero-order valence-electron chi connectivity index (χ0n) is 16.1. The molecular formula is C19H25N6O2S+. The van der Waals surface area contributed by atoms with E-state index in [4.69, 9.17) is 4.74 Å². The second-order valence-corrected chi connectivity index (χ2v) is 8.27. The Bertz CT molecular complexity index is 1010. The maximum atomic E-state index is 13.1. The number of rotatable bonds is 6. The van der Waals surface area contributed by atoms with Gasteiger partial charge in [0.05, 0.1) is 37.3 Å². The van der Waals surface area contributed by atoms with Crippen LogP contribution in [0.5, 0.6) is 0 Å². The minimum absolute atomic E-state index is 0.0705. The molecule has 0 amide bonds. The van der Waals surface area contributed by atoms with E-state index >= 15 is 0 Å². The van der Waals surface area contributed by atoms with Crippen molar-refractivity contribution in [2.24, 2.45) is 0 Å². The molecule has 1 atom stereocenters. The highest BCUT2D eigenvalue weighted by molar-refractivity contribution is 7.99. The average molecular weight is 402 g/mol. The number of aromatic nitrogens is 5.